The molecule has 3 heterocycles. The summed E-state index contributed by atoms with van der Waals surface area (Å²) >= 11 is 19.7. The van der Waals surface area contributed by atoms with E-state index >= 15 is 0 Å². The molecule has 0 aliphatic carbocycles. The number of amides is 2. The van der Waals surface area contributed by atoms with Crippen LogP contribution >= 0.6 is 46.6 Å². The van der Waals surface area contributed by atoms with Gasteiger partial charge in [0, 0.05) is 35.7 Å². The minimum absolute atomic E-state index is 0.0568. The highest BCUT2D eigenvalue weighted by atomic mass is 35.5. The second-order valence-corrected chi connectivity index (χ2v) is 10.9. The maximum atomic E-state index is 13.2. The molecule has 0 spiro atoms. The molecule has 2 aromatic heterocycles. The topological polar surface area (TPSA) is 84.5 Å². The van der Waals surface area contributed by atoms with Gasteiger partial charge in [0.25, 0.3) is 5.91 Å². The number of halogens is 3. The van der Waals surface area contributed by atoms with Gasteiger partial charge in [0.2, 0.25) is 11.7 Å². The number of carbonyl (C=O) groups is 2. The zero-order valence-electron chi connectivity index (χ0n) is 20.2. The van der Waals surface area contributed by atoms with E-state index in [0.29, 0.717) is 57.0 Å². The molecule has 1 unspecified atom stereocenters. The van der Waals surface area contributed by atoms with Crippen LogP contribution in [0.2, 0.25) is 15.1 Å². The predicted octanol–water partition coefficient (Wildman–Crippen LogP) is 5.95. The third-order valence-electron chi connectivity index (χ3n) is 6.17. The highest BCUT2D eigenvalue weighted by molar-refractivity contribution is 7.99. The number of aromatic nitrogens is 3. The fourth-order valence-corrected chi connectivity index (χ4v) is 5.83. The van der Waals surface area contributed by atoms with Crippen LogP contribution in [-0.4, -0.2) is 67.8 Å². The molecule has 2 amide bonds. The van der Waals surface area contributed by atoms with E-state index in [2.05, 4.69) is 10.2 Å². The fraction of sp³-hybridized carbons (Fsp3) is 0.231. The Morgan fingerprint density at radius 3 is 2.55 bits per heavy atom. The van der Waals surface area contributed by atoms with Gasteiger partial charge in [0.15, 0.2) is 10.9 Å². The maximum Gasteiger partial charge on any atom is 0.255 e. The first kappa shape index (κ1) is 26.6. The molecular weight excluding hydrogens is 569 g/mol. The molecule has 0 saturated carbocycles. The van der Waals surface area contributed by atoms with Crippen molar-refractivity contribution in [1.82, 2.24) is 24.6 Å². The number of benzene rings is 2. The first-order chi connectivity index (χ1) is 18.3. The molecule has 1 aliphatic heterocycles. The summed E-state index contributed by atoms with van der Waals surface area (Å²) in [6, 6.07) is 15.5. The molecule has 12 heteroatoms. The van der Waals surface area contributed by atoms with Crippen LogP contribution in [0.1, 0.15) is 17.3 Å². The van der Waals surface area contributed by atoms with Gasteiger partial charge in [-0.3, -0.25) is 14.2 Å². The maximum absolute atomic E-state index is 13.2. The van der Waals surface area contributed by atoms with Gasteiger partial charge in [-0.25, -0.2) is 0 Å². The minimum Gasteiger partial charge on any atom is -0.461 e. The number of rotatable bonds is 6. The van der Waals surface area contributed by atoms with E-state index in [9.17, 15) is 9.59 Å². The SMILES string of the molecule is CC1CN(C(=O)CSc2nnc(-c3ccco3)n2-c2cccc(Cl)c2)CCN1C(=O)c1ccc(Cl)cc1Cl. The van der Waals surface area contributed by atoms with Crippen LogP contribution in [0.3, 0.4) is 0 Å². The molecule has 0 bridgehead atoms. The third-order valence-corrected chi connectivity index (χ3v) is 7.87. The van der Waals surface area contributed by atoms with E-state index in [1.807, 2.05) is 23.6 Å². The molecule has 196 valence electrons. The number of carbonyl (C=O) groups excluding carboxylic acids is 2. The van der Waals surface area contributed by atoms with Crippen LogP contribution < -0.4 is 0 Å². The van der Waals surface area contributed by atoms with Crippen LogP contribution in [0, 0.1) is 0 Å². The lowest BCUT2D eigenvalue weighted by Gasteiger charge is -2.40. The second-order valence-electron chi connectivity index (χ2n) is 8.70. The summed E-state index contributed by atoms with van der Waals surface area (Å²) in [5.41, 5.74) is 1.15. The Kier molecular flexibility index (Phi) is 7.99. The van der Waals surface area contributed by atoms with Crippen LogP contribution in [0.5, 0.6) is 0 Å². The summed E-state index contributed by atoms with van der Waals surface area (Å²) in [6.07, 6.45) is 1.56. The molecule has 0 radical (unpaired) electrons. The van der Waals surface area contributed by atoms with Crippen molar-refractivity contribution in [1.29, 1.82) is 0 Å². The molecule has 1 fully saturated rings. The van der Waals surface area contributed by atoms with Crippen molar-refractivity contribution in [2.45, 2.75) is 18.1 Å². The number of nitrogens with zero attached hydrogens (tertiary/aromatic N) is 5. The van der Waals surface area contributed by atoms with Crippen molar-refractivity contribution in [2.24, 2.45) is 0 Å². The Morgan fingerprint density at radius 1 is 1.03 bits per heavy atom. The van der Waals surface area contributed by atoms with Gasteiger partial charge < -0.3 is 14.2 Å². The van der Waals surface area contributed by atoms with E-state index < -0.39 is 0 Å². The highest BCUT2D eigenvalue weighted by Gasteiger charge is 2.31. The predicted molar refractivity (Wildman–Crippen MR) is 148 cm³/mol. The van der Waals surface area contributed by atoms with Gasteiger partial charge in [-0.05, 0) is 55.5 Å². The highest BCUT2D eigenvalue weighted by Crippen LogP contribution is 2.30. The molecule has 1 aliphatic rings. The molecule has 5 rings (SSSR count). The van der Waals surface area contributed by atoms with Crippen molar-refractivity contribution < 1.29 is 14.0 Å². The summed E-state index contributed by atoms with van der Waals surface area (Å²) in [5.74, 6) is 0.972. The molecule has 1 atom stereocenters. The molecule has 38 heavy (non-hydrogen) atoms. The summed E-state index contributed by atoms with van der Waals surface area (Å²) < 4.78 is 7.36. The smallest absolute Gasteiger partial charge is 0.255 e. The lowest BCUT2D eigenvalue weighted by Crippen LogP contribution is -2.55. The molecular formula is C26H22Cl3N5O3S. The molecule has 2 aromatic carbocycles. The van der Waals surface area contributed by atoms with Crippen molar-refractivity contribution in [3.05, 3.63) is 81.5 Å². The van der Waals surface area contributed by atoms with E-state index in [1.54, 1.807) is 58.5 Å². The number of hydrogen-bond acceptors (Lipinski definition) is 6. The monoisotopic (exact) mass is 589 g/mol. The van der Waals surface area contributed by atoms with Crippen molar-refractivity contribution in [2.75, 3.05) is 25.4 Å². The van der Waals surface area contributed by atoms with Gasteiger partial charge >= 0.3 is 0 Å². The zero-order chi connectivity index (χ0) is 26.8. The Morgan fingerprint density at radius 2 is 1.84 bits per heavy atom. The number of piperazine rings is 1. The standard InChI is InChI=1S/C26H22Cl3N5O3S/c1-16-14-32(9-10-33(16)25(36)20-8-7-18(28)13-21(20)29)23(35)15-38-26-31-30-24(22-6-3-11-37-22)34(26)19-5-2-4-17(27)12-19/h2-8,11-13,16H,9-10,14-15H2,1H3. The summed E-state index contributed by atoms with van der Waals surface area (Å²) in [6.45, 7) is 3.14. The third kappa shape index (κ3) is 5.56. The quantitative estimate of drug-likeness (QED) is 0.258. The van der Waals surface area contributed by atoms with Crippen molar-refractivity contribution in [3.8, 4) is 17.3 Å². The summed E-state index contributed by atoms with van der Waals surface area (Å²) in [5, 5.41) is 10.5. The normalized spacial score (nSPS) is 15.6. The molecule has 4 aromatic rings. The van der Waals surface area contributed by atoms with Gasteiger partial charge in [0.1, 0.15) is 0 Å². The molecule has 1 saturated heterocycles. The van der Waals surface area contributed by atoms with Gasteiger partial charge in [0.05, 0.1) is 28.3 Å². The van der Waals surface area contributed by atoms with Gasteiger partial charge in [-0.15, -0.1) is 10.2 Å². The Hall–Kier alpha value is -2.98. The molecule has 8 nitrogen and oxygen atoms in total. The Balaban J connectivity index is 1.27. The number of furan rings is 1. The zero-order valence-corrected chi connectivity index (χ0v) is 23.3. The lowest BCUT2D eigenvalue weighted by atomic mass is 10.1. The summed E-state index contributed by atoms with van der Waals surface area (Å²) in [4.78, 5) is 29.7. The van der Waals surface area contributed by atoms with Crippen LogP contribution in [0.15, 0.2) is 70.4 Å². The first-order valence-corrected chi connectivity index (χ1v) is 13.9. The Labute approximate surface area is 238 Å². The minimum atomic E-state index is -0.183. The van der Waals surface area contributed by atoms with E-state index in [0.717, 1.165) is 5.69 Å². The van der Waals surface area contributed by atoms with Crippen molar-refractivity contribution >= 4 is 58.4 Å². The lowest BCUT2D eigenvalue weighted by molar-refractivity contribution is -0.130. The summed E-state index contributed by atoms with van der Waals surface area (Å²) in [7, 11) is 0. The van der Waals surface area contributed by atoms with Gasteiger partial charge in [-0.1, -0.05) is 52.6 Å². The van der Waals surface area contributed by atoms with Crippen molar-refractivity contribution in [3.63, 3.8) is 0 Å². The van der Waals surface area contributed by atoms with E-state index in [1.165, 1.54) is 11.8 Å². The fourth-order valence-electron chi connectivity index (χ4n) is 4.30. The molecule has 0 N–H and O–H groups in total. The van der Waals surface area contributed by atoms with Crippen LogP contribution in [-0.2, 0) is 4.79 Å². The van der Waals surface area contributed by atoms with Crippen LogP contribution in [0.25, 0.3) is 17.3 Å². The van der Waals surface area contributed by atoms with E-state index in [-0.39, 0.29) is 23.6 Å². The number of thioether (sulfide) groups is 1. The first-order valence-electron chi connectivity index (χ1n) is 11.7. The van der Waals surface area contributed by atoms with E-state index in [4.69, 9.17) is 39.2 Å². The van der Waals surface area contributed by atoms with Gasteiger partial charge in [-0.2, -0.15) is 0 Å². The van der Waals surface area contributed by atoms with Crippen LogP contribution in [0.4, 0.5) is 0 Å². The number of hydrogen-bond donors (Lipinski definition) is 0. The second kappa shape index (κ2) is 11.4. The average molecular weight is 591 g/mol. The largest absolute Gasteiger partial charge is 0.461 e. The Bertz CT molecular complexity index is 1480. The average Bonchev–Trinajstić information content (AvgIpc) is 3.57.